The molecule has 1 aromatic heterocycles. The second-order valence-corrected chi connectivity index (χ2v) is 11.3. The molecule has 2 heterocycles. The van der Waals surface area contributed by atoms with Crippen molar-refractivity contribution in [3.63, 3.8) is 0 Å². The zero-order valence-corrected chi connectivity index (χ0v) is 19.6. The minimum atomic E-state index is -3.49. The lowest BCUT2D eigenvalue weighted by molar-refractivity contribution is 0.0940. The summed E-state index contributed by atoms with van der Waals surface area (Å²) in [6, 6.07) is 14.6. The van der Waals surface area contributed by atoms with Crippen LogP contribution in [-0.4, -0.2) is 36.7 Å². The molecule has 2 aromatic carbocycles. The van der Waals surface area contributed by atoms with E-state index in [1.165, 1.54) is 4.31 Å². The second-order valence-electron chi connectivity index (χ2n) is 9.27. The third-order valence-electron chi connectivity index (χ3n) is 6.52. The summed E-state index contributed by atoms with van der Waals surface area (Å²) in [6.07, 6.45) is 3.51. The summed E-state index contributed by atoms with van der Waals surface area (Å²) in [5, 5.41) is 2.99. The number of amides is 1. The number of rotatable bonds is 5. The van der Waals surface area contributed by atoms with E-state index in [1.54, 1.807) is 37.5 Å². The third kappa shape index (κ3) is 3.69. The van der Waals surface area contributed by atoms with E-state index in [4.69, 9.17) is 5.73 Å². The molecule has 1 saturated carbocycles. The van der Waals surface area contributed by atoms with Gasteiger partial charge in [-0.05, 0) is 73.7 Å². The van der Waals surface area contributed by atoms with Crippen molar-refractivity contribution in [1.29, 1.82) is 0 Å². The maximum Gasteiger partial charge on any atom is 0.252 e. The lowest BCUT2D eigenvalue weighted by Gasteiger charge is -2.20. The molecule has 0 radical (unpaired) electrons. The van der Waals surface area contributed by atoms with E-state index in [0.717, 1.165) is 40.7 Å². The lowest BCUT2D eigenvalue weighted by Crippen LogP contribution is -2.32. The molecular weight excluding hydrogens is 436 g/mol. The summed E-state index contributed by atoms with van der Waals surface area (Å²) in [5.74, 6) is 0.308. The van der Waals surface area contributed by atoms with E-state index in [1.807, 2.05) is 38.1 Å². The molecule has 170 valence electrons. The number of benzene rings is 2. The molecule has 5 rings (SSSR count). The number of nitrogens with zero attached hydrogens (tertiary/aromatic N) is 2. The lowest BCUT2D eigenvalue weighted by atomic mass is 9.91. The highest BCUT2D eigenvalue weighted by molar-refractivity contribution is 7.89. The number of hydrogen-bond acceptors (Lipinski definition) is 5. The van der Waals surface area contributed by atoms with E-state index >= 15 is 0 Å². The molecule has 3 N–H and O–H groups in total. The normalized spacial score (nSPS) is 17.2. The molecule has 0 saturated heterocycles. The molecule has 33 heavy (non-hydrogen) atoms. The smallest absolute Gasteiger partial charge is 0.252 e. The topological polar surface area (TPSA) is 105 Å². The van der Waals surface area contributed by atoms with Gasteiger partial charge in [-0.2, -0.15) is 4.31 Å². The molecule has 1 amide bonds. The first-order valence-corrected chi connectivity index (χ1v) is 12.3. The summed E-state index contributed by atoms with van der Waals surface area (Å²) in [4.78, 5) is 16.9. The Kier molecular flexibility index (Phi) is 4.84. The Morgan fingerprint density at radius 1 is 1.00 bits per heavy atom. The molecule has 0 atom stereocenters. The number of fused-ring (bicyclic) bond motifs is 1. The van der Waals surface area contributed by atoms with Crippen LogP contribution in [0.5, 0.6) is 0 Å². The standard InChI is InChI=1S/C25H26N4O3S/c1-25(2)22-13-16(6-11-20(22)24(30)28-25)21-12-17(14-27-23(21)26)15-4-9-19(10-5-15)33(31,32)29(3)18-7-8-18/h4-6,9-14,18H,7-8H2,1-3H3,(H2,26,27)(H,28,30). The van der Waals surface area contributed by atoms with Gasteiger partial charge < -0.3 is 11.1 Å². The van der Waals surface area contributed by atoms with Crippen LogP contribution in [-0.2, 0) is 15.6 Å². The Morgan fingerprint density at radius 3 is 2.33 bits per heavy atom. The molecule has 0 bridgehead atoms. The molecule has 1 fully saturated rings. The van der Waals surface area contributed by atoms with Gasteiger partial charge in [-0.3, -0.25) is 4.79 Å². The zero-order valence-electron chi connectivity index (χ0n) is 18.8. The maximum atomic E-state index is 12.8. The van der Waals surface area contributed by atoms with Crippen LogP contribution in [0.2, 0.25) is 0 Å². The monoisotopic (exact) mass is 462 g/mol. The van der Waals surface area contributed by atoms with E-state index in [9.17, 15) is 13.2 Å². The number of nitrogens with one attached hydrogen (secondary N) is 1. The van der Waals surface area contributed by atoms with Crippen molar-refractivity contribution >= 4 is 21.7 Å². The predicted octanol–water partition coefficient (Wildman–Crippen LogP) is 3.76. The fraction of sp³-hybridized carbons (Fsp3) is 0.280. The Morgan fingerprint density at radius 2 is 1.67 bits per heavy atom. The van der Waals surface area contributed by atoms with Crippen LogP contribution in [0.4, 0.5) is 5.82 Å². The van der Waals surface area contributed by atoms with Crippen molar-refractivity contribution < 1.29 is 13.2 Å². The fourth-order valence-corrected chi connectivity index (χ4v) is 5.75. The van der Waals surface area contributed by atoms with E-state index < -0.39 is 15.6 Å². The molecule has 0 spiro atoms. The van der Waals surface area contributed by atoms with Gasteiger partial charge in [0.2, 0.25) is 10.0 Å². The van der Waals surface area contributed by atoms with Crippen LogP contribution in [0.15, 0.2) is 59.6 Å². The first-order chi connectivity index (χ1) is 15.6. The van der Waals surface area contributed by atoms with Crippen molar-refractivity contribution in [2.45, 2.75) is 43.2 Å². The average Bonchev–Trinajstić information content (AvgIpc) is 3.60. The SMILES string of the molecule is CN(C1CC1)S(=O)(=O)c1ccc(-c2cnc(N)c(-c3ccc4c(c3)C(C)(C)NC4=O)c2)cc1. The van der Waals surface area contributed by atoms with Crippen LogP contribution in [0.1, 0.15) is 42.6 Å². The molecule has 7 nitrogen and oxygen atoms in total. The van der Waals surface area contributed by atoms with Gasteiger partial charge in [-0.1, -0.05) is 18.2 Å². The first-order valence-electron chi connectivity index (χ1n) is 10.9. The minimum Gasteiger partial charge on any atom is -0.383 e. The number of nitrogen functional groups attached to an aromatic ring is 1. The molecule has 2 aliphatic rings. The van der Waals surface area contributed by atoms with Gasteiger partial charge in [-0.25, -0.2) is 13.4 Å². The van der Waals surface area contributed by atoms with E-state index in [0.29, 0.717) is 11.4 Å². The highest BCUT2D eigenvalue weighted by Gasteiger charge is 2.36. The van der Waals surface area contributed by atoms with E-state index in [-0.39, 0.29) is 16.8 Å². The summed E-state index contributed by atoms with van der Waals surface area (Å²) in [6.45, 7) is 3.93. The van der Waals surface area contributed by atoms with Gasteiger partial charge in [0.05, 0.1) is 10.4 Å². The summed E-state index contributed by atoms with van der Waals surface area (Å²) < 4.78 is 27.0. The Bertz CT molecular complexity index is 1380. The number of anilines is 1. The van der Waals surface area contributed by atoms with Gasteiger partial charge in [0, 0.05) is 36.0 Å². The molecule has 8 heteroatoms. The van der Waals surface area contributed by atoms with Crippen LogP contribution in [0.25, 0.3) is 22.3 Å². The van der Waals surface area contributed by atoms with Crippen LogP contribution < -0.4 is 11.1 Å². The number of pyridine rings is 1. The van der Waals surface area contributed by atoms with Crippen molar-refractivity contribution in [2.75, 3.05) is 12.8 Å². The highest BCUT2D eigenvalue weighted by atomic mass is 32.2. The number of sulfonamides is 1. The van der Waals surface area contributed by atoms with Gasteiger partial charge in [-0.15, -0.1) is 0 Å². The van der Waals surface area contributed by atoms with Crippen molar-refractivity contribution in [3.05, 3.63) is 65.9 Å². The predicted molar refractivity (Wildman–Crippen MR) is 128 cm³/mol. The second kappa shape index (κ2) is 7.40. The Hall–Kier alpha value is -3.23. The Balaban J connectivity index is 1.50. The fourth-order valence-electron chi connectivity index (χ4n) is 4.33. The average molecular weight is 463 g/mol. The quantitative estimate of drug-likeness (QED) is 0.601. The number of nitrogens with two attached hydrogens (primary N) is 1. The van der Waals surface area contributed by atoms with Crippen molar-refractivity contribution in [3.8, 4) is 22.3 Å². The molecule has 0 unspecified atom stereocenters. The largest absolute Gasteiger partial charge is 0.383 e. The van der Waals surface area contributed by atoms with Crippen LogP contribution >= 0.6 is 0 Å². The van der Waals surface area contributed by atoms with Gasteiger partial charge in [0.1, 0.15) is 5.82 Å². The maximum absolute atomic E-state index is 12.8. The van der Waals surface area contributed by atoms with Crippen molar-refractivity contribution in [2.24, 2.45) is 0 Å². The van der Waals surface area contributed by atoms with Crippen LogP contribution in [0, 0.1) is 0 Å². The number of carbonyl (C=O) groups excluding carboxylic acids is 1. The summed E-state index contributed by atoms with van der Waals surface area (Å²) in [7, 11) is -1.85. The third-order valence-corrected chi connectivity index (χ3v) is 8.44. The minimum absolute atomic E-state index is 0.0798. The van der Waals surface area contributed by atoms with Gasteiger partial charge in [0.25, 0.3) is 5.91 Å². The molecule has 1 aliphatic carbocycles. The number of aromatic nitrogens is 1. The summed E-state index contributed by atoms with van der Waals surface area (Å²) >= 11 is 0. The highest BCUT2D eigenvalue weighted by Crippen LogP contribution is 2.37. The molecule has 1 aliphatic heterocycles. The van der Waals surface area contributed by atoms with Crippen LogP contribution in [0.3, 0.4) is 0 Å². The van der Waals surface area contributed by atoms with Gasteiger partial charge in [0.15, 0.2) is 0 Å². The van der Waals surface area contributed by atoms with Gasteiger partial charge >= 0.3 is 0 Å². The zero-order chi connectivity index (χ0) is 23.5. The Labute approximate surface area is 193 Å². The molecule has 3 aromatic rings. The summed E-state index contributed by atoms with van der Waals surface area (Å²) in [5.41, 5.74) is 10.6. The first kappa shape index (κ1) is 21.6. The van der Waals surface area contributed by atoms with Crippen molar-refractivity contribution in [1.82, 2.24) is 14.6 Å². The van der Waals surface area contributed by atoms with E-state index in [2.05, 4.69) is 10.3 Å². The molecular formula is C25H26N4O3S. The number of carbonyl (C=O) groups is 1. The number of hydrogen-bond donors (Lipinski definition) is 2.